The summed E-state index contributed by atoms with van der Waals surface area (Å²) in [6.07, 6.45) is -0.0232. The Kier molecular flexibility index (Phi) is 3.39. The Morgan fingerprint density at radius 1 is 1.07 bits per heavy atom. The van der Waals surface area contributed by atoms with Gasteiger partial charge in [-0.2, -0.15) is 0 Å². The van der Waals surface area contributed by atoms with Gasteiger partial charge in [-0.3, -0.25) is 0 Å². The van der Waals surface area contributed by atoms with Gasteiger partial charge in [0.05, 0.1) is 13.2 Å². The first-order valence-corrected chi connectivity index (χ1v) is 5.55. The third-order valence-electron chi connectivity index (χ3n) is 2.74. The Morgan fingerprint density at radius 2 is 1.67 bits per heavy atom. The highest BCUT2D eigenvalue weighted by atomic mass is 16.7. The molecule has 1 fully saturated rings. The van der Waals surface area contributed by atoms with Crippen LogP contribution >= 0.6 is 0 Å². The maximum atomic E-state index is 5.68. The molecule has 0 N–H and O–H groups in total. The van der Waals surface area contributed by atoms with Crippen molar-refractivity contribution in [3.8, 4) is 0 Å². The second-order valence-electron chi connectivity index (χ2n) is 4.39. The van der Waals surface area contributed by atoms with Crippen molar-refractivity contribution in [2.75, 3.05) is 13.2 Å². The van der Waals surface area contributed by atoms with Gasteiger partial charge in [-0.25, -0.2) is 0 Å². The molecule has 0 amide bonds. The first kappa shape index (κ1) is 10.7. The monoisotopic (exact) mass is 206 g/mol. The van der Waals surface area contributed by atoms with Crippen LogP contribution in [0.25, 0.3) is 0 Å². The SMILES string of the molecule is CC(C)[C@H]1OC[C@H](c2ccccc2)CO1. The highest BCUT2D eigenvalue weighted by Crippen LogP contribution is 2.24. The molecule has 0 spiro atoms. The van der Waals surface area contributed by atoms with Gasteiger partial charge in [0.1, 0.15) is 0 Å². The minimum Gasteiger partial charge on any atom is -0.352 e. The fraction of sp³-hybridized carbons (Fsp3) is 0.538. The van der Waals surface area contributed by atoms with Crippen LogP contribution in [-0.2, 0) is 9.47 Å². The number of hydrogen-bond donors (Lipinski definition) is 0. The van der Waals surface area contributed by atoms with Gasteiger partial charge in [0.25, 0.3) is 0 Å². The molecule has 2 nitrogen and oxygen atoms in total. The van der Waals surface area contributed by atoms with Crippen molar-refractivity contribution in [1.29, 1.82) is 0 Å². The summed E-state index contributed by atoms with van der Waals surface area (Å²) in [4.78, 5) is 0. The van der Waals surface area contributed by atoms with Crippen LogP contribution in [0.2, 0.25) is 0 Å². The zero-order chi connectivity index (χ0) is 10.7. The van der Waals surface area contributed by atoms with Crippen LogP contribution in [0, 0.1) is 5.92 Å². The van der Waals surface area contributed by atoms with Crippen LogP contribution in [-0.4, -0.2) is 19.5 Å². The smallest absolute Gasteiger partial charge is 0.159 e. The largest absolute Gasteiger partial charge is 0.352 e. The van der Waals surface area contributed by atoms with Gasteiger partial charge in [0, 0.05) is 11.8 Å². The molecule has 2 rings (SSSR count). The quantitative estimate of drug-likeness (QED) is 0.740. The summed E-state index contributed by atoms with van der Waals surface area (Å²) in [5, 5.41) is 0. The summed E-state index contributed by atoms with van der Waals surface area (Å²) in [6, 6.07) is 10.4. The summed E-state index contributed by atoms with van der Waals surface area (Å²) < 4.78 is 11.4. The molecule has 15 heavy (non-hydrogen) atoms. The third-order valence-corrected chi connectivity index (χ3v) is 2.74. The molecule has 1 aromatic carbocycles. The second-order valence-corrected chi connectivity index (χ2v) is 4.39. The lowest BCUT2D eigenvalue weighted by Gasteiger charge is -2.31. The maximum Gasteiger partial charge on any atom is 0.159 e. The lowest BCUT2D eigenvalue weighted by Crippen LogP contribution is -2.34. The normalized spacial score (nSPS) is 26.9. The first-order valence-electron chi connectivity index (χ1n) is 5.55. The second kappa shape index (κ2) is 4.77. The summed E-state index contributed by atoms with van der Waals surface area (Å²) in [7, 11) is 0. The molecule has 0 unspecified atom stereocenters. The van der Waals surface area contributed by atoms with Gasteiger partial charge in [-0.05, 0) is 5.56 Å². The van der Waals surface area contributed by atoms with E-state index in [2.05, 4.69) is 38.1 Å². The number of ether oxygens (including phenoxy) is 2. The molecule has 0 aliphatic carbocycles. The van der Waals surface area contributed by atoms with Crippen LogP contribution in [0.5, 0.6) is 0 Å². The summed E-state index contributed by atoms with van der Waals surface area (Å²) in [5.41, 5.74) is 1.31. The predicted octanol–water partition coefficient (Wildman–Crippen LogP) is 2.80. The Morgan fingerprint density at radius 3 is 2.20 bits per heavy atom. The summed E-state index contributed by atoms with van der Waals surface area (Å²) in [6.45, 7) is 5.78. The minimum absolute atomic E-state index is 0.0232. The van der Waals surface area contributed by atoms with Crippen molar-refractivity contribution in [3.63, 3.8) is 0 Å². The van der Waals surface area contributed by atoms with E-state index in [0.29, 0.717) is 11.8 Å². The van der Waals surface area contributed by atoms with Crippen molar-refractivity contribution < 1.29 is 9.47 Å². The molecule has 1 aromatic rings. The van der Waals surface area contributed by atoms with E-state index >= 15 is 0 Å². The first-order chi connectivity index (χ1) is 7.27. The fourth-order valence-electron chi connectivity index (χ4n) is 1.82. The lowest BCUT2D eigenvalue weighted by atomic mass is 10.00. The molecular weight excluding hydrogens is 188 g/mol. The van der Waals surface area contributed by atoms with Crippen LogP contribution in [0.4, 0.5) is 0 Å². The molecular formula is C13H18O2. The highest BCUT2D eigenvalue weighted by Gasteiger charge is 2.25. The lowest BCUT2D eigenvalue weighted by molar-refractivity contribution is -0.206. The molecule has 1 aliphatic heterocycles. The van der Waals surface area contributed by atoms with E-state index in [1.165, 1.54) is 5.56 Å². The number of benzene rings is 1. The van der Waals surface area contributed by atoms with Gasteiger partial charge < -0.3 is 9.47 Å². The molecule has 2 heteroatoms. The van der Waals surface area contributed by atoms with E-state index in [1.807, 2.05) is 6.07 Å². The molecule has 0 saturated carbocycles. The Balaban J connectivity index is 1.94. The van der Waals surface area contributed by atoms with Gasteiger partial charge in [-0.15, -0.1) is 0 Å². The van der Waals surface area contributed by atoms with Crippen LogP contribution in [0.1, 0.15) is 25.3 Å². The van der Waals surface area contributed by atoms with Crippen LogP contribution in [0.3, 0.4) is 0 Å². The number of rotatable bonds is 2. The standard InChI is InChI=1S/C13H18O2/c1-10(2)13-14-8-12(9-15-13)11-6-4-3-5-7-11/h3-7,10,12-13H,8-9H2,1-2H3/t12-,13-. The Bertz CT molecular complexity index is 287. The molecule has 0 radical (unpaired) electrons. The zero-order valence-electron chi connectivity index (χ0n) is 9.35. The molecule has 0 atom stereocenters. The van der Waals surface area contributed by atoms with E-state index in [0.717, 1.165) is 13.2 Å². The van der Waals surface area contributed by atoms with Crippen LogP contribution < -0.4 is 0 Å². The summed E-state index contributed by atoms with van der Waals surface area (Å²) in [5.74, 6) is 0.822. The van der Waals surface area contributed by atoms with Crippen molar-refractivity contribution in [3.05, 3.63) is 35.9 Å². The minimum atomic E-state index is -0.0232. The topological polar surface area (TPSA) is 18.5 Å². The molecule has 0 aromatic heterocycles. The van der Waals surface area contributed by atoms with Gasteiger partial charge in [-0.1, -0.05) is 44.2 Å². The van der Waals surface area contributed by atoms with Gasteiger partial charge in [0.2, 0.25) is 0 Å². The van der Waals surface area contributed by atoms with Gasteiger partial charge >= 0.3 is 0 Å². The zero-order valence-corrected chi connectivity index (χ0v) is 9.35. The van der Waals surface area contributed by atoms with E-state index in [-0.39, 0.29) is 6.29 Å². The predicted molar refractivity (Wildman–Crippen MR) is 59.7 cm³/mol. The molecule has 1 saturated heterocycles. The van der Waals surface area contributed by atoms with Crippen molar-refractivity contribution in [1.82, 2.24) is 0 Å². The van der Waals surface area contributed by atoms with Crippen molar-refractivity contribution in [2.45, 2.75) is 26.1 Å². The molecule has 1 aliphatic rings. The maximum absolute atomic E-state index is 5.68. The Hall–Kier alpha value is -0.860. The Labute approximate surface area is 91.2 Å². The van der Waals surface area contributed by atoms with E-state index in [4.69, 9.17) is 9.47 Å². The molecule has 0 bridgehead atoms. The van der Waals surface area contributed by atoms with Crippen molar-refractivity contribution >= 4 is 0 Å². The van der Waals surface area contributed by atoms with E-state index < -0.39 is 0 Å². The average molecular weight is 206 g/mol. The average Bonchev–Trinajstić information content (AvgIpc) is 2.30. The van der Waals surface area contributed by atoms with E-state index in [1.54, 1.807) is 0 Å². The van der Waals surface area contributed by atoms with Crippen molar-refractivity contribution in [2.24, 2.45) is 5.92 Å². The summed E-state index contributed by atoms with van der Waals surface area (Å²) >= 11 is 0. The highest BCUT2D eigenvalue weighted by molar-refractivity contribution is 5.19. The fourth-order valence-corrected chi connectivity index (χ4v) is 1.82. The van der Waals surface area contributed by atoms with Gasteiger partial charge in [0.15, 0.2) is 6.29 Å². The molecule has 82 valence electrons. The third kappa shape index (κ3) is 2.58. The van der Waals surface area contributed by atoms with E-state index in [9.17, 15) is 0 Å². The molecule has 1 heterocycles. The number of hydrogen-bond acceptors (Lipinski definition) is 2. The van der Waals surface area contributed by atoms with Crippen LogP contribution in [0.15, 0.2) is 30.3 Å².